The lowest BCUT2D eigenvalue weighted by atomic mass is 10.2. The van der Waals surface area contributed by atoms with Gasteiger partial charge in [-0.1, -0.05) is 0 Å². The van der Waals surface area contributed by atoms with Gasteiger partial charge in [0.2, 0.25) is 6.41 Å². The first kappa shape index (κ1) is 12.9. The summed E-state index contributed by atoms with van der Waals surface area (Å²) < 4.78 is 0. The second-order valence-corrected chi connectivity index (χ2v) is 4.93. The molecule has 4 nitrogen and oxygen atoms in total. The van der Waals surface area contributed by atoms with Gasteiger partial charge in [-0.3, -0.25) is 9.69 Å². The molecule has 0 unspecified atom stereocenters. The van der Waals surface area contributed by atoms with E-state index in [9.17, 15) is 4.79 Å². The van der Waals surface area contributed by atoms with Gasteiger partial charge in [0, 0.05) is 43.6 Å². The van der Waals surface area contributed by atoms with E-state index in [-0.39, 0.29) is 0 Å². The van der Waals surface area contributed by atoms with E-state index in [0.717, 1.165) is 31.9 Å². The maximum absolute atomic E-state index is 10.3. The Morgan fingerprint density at radius 3 is 2.22 bits per heavy atom. The van der Waals surface area contributed by atoms with Gasteiger partial charge in [0.15, 0.2) is 0 Å². The molecule has 1 N–H and O–H groups in total. The predicted molar refractivity (Wildman–Crippen MR) is 75.1 cm³/mol. The Morgan fingerprint density at radius 2 is 1.72 bits per heavy atom. The molecule has 1 aliphatic rings. The number of carbonyl (C=O) groups excluding carboxylic acids is 1. The molecule has 1 fully saturated rings. The number of anilines is 2. The Hall–Kier alpha value is -1.55. The van der Waals surface area contributed by atoms with Crippen molar-refractivity contribution >= 4 is 17.8 Å². The summed E-state index contributed by atoms with van der Waals surface area (Å²) in [5, 5.41) is 2.65. The molecule has 1 aromatic carbocycles. The molecule has 0 aliphatic carbocycles. The number of piperazine rings is 1. The van der Waals surface area contributed by atoms with Crippen molar-refractivity contribution in [1.82, 2.24) is 4.90 Å². The van der Waals surface area contributed by atoms with Crippen LogP contribution in [-0.4, -0.2) is 43.5 Å². The van der Waals surface area contributed by atoms with Gasteiger partial charge in [-0.25, -0.2) is 0 Å². The first-order chi connectivity index (χ1) is 8.70. The molecule has 4 heteroatoms. The summed E-state index contributed by atoms with van der Waals surface area (Å²) >= 11 is 0. The van der Waals surface area contributed by atoms with Gasteiger partial charge in [-0.05, 0) is 38.1 Å². The Labute approximate surface area is 109 Å². The third kappa shape index (κ3) is 3.01. The van der Waals surface area contributed by atoms with Gasteiger partial charge in [0.1, 0.15) is 0 Å². The molecule has 0 aromatic heterocycles. The molecule has 1 aromatic rings. The van der Waals surface area contributed by atoms with Crippen molar-refractivity contribution in [3.8, 4) is 0 Å². The van der Waals surface area contributed by atoms with Crippen molar-refractivity contribution < 1.29 is 4.79 Å². The van der Waals surface area contributed by atoms with Crippen LogP contribution in [-0.2, 0) is 4.79 Å². The maximum Gasteiger partial charge on any atom is 0.211 e. The smallest absolute Gasteiger partial charge is 0.211 e. The topological polar surface area (TPSA) is 35.6 Å². The minimum atomic E-state index is 0.631. The molecule has 2 rings (SSSR count). The summed E-state index contributed by atoms with van der Waals surface area (Å²) in [6.45, 7) is 8.86. The van der Waals surface area contributed by atoms with Crippen molar-refractivity contribution in [2.75, 3.05) is 36.4 Å². The molecule has 0 spiro atoms. The van der Waals surface area contributed by atoms with Gasteiger partial charge >= 0.3 is 0 Å². The molecule has 1 aliphatic heterocycles. The monoisotopic (exact) mass is 247 g/mol. The Bertz CT molecular complexity index is 381. The van der Waals surface area contributed by atoms with Gasteiger partial charge in [-0.2, -0.15) is 0 Å². The molecule has 18 heavy (non-hydrogen) atoms. The standard InChI is InChI=1S/C14H21N3O/c1-12(2)16-7-9-17(10-8-16)14-5-3-13(4-6-14)15-11-18/h3-6,11-12H,7-10H2,1-2H3,(H,15,18). The summed E-state index contributed by atoms with van der Waals surface area (Å²) in [5.74, 6) is 0. The van der Waals surface area contributed by atoms with E-state index in [1.54, 1.807) is 0 Å². The van der Waals surface area contributed by atoms with Crippen LogP contribution in [0, 0.1) is 0 Å². The number of hydrogen-bond donors (Lipinski definition) is 1. The first-order valence-corrected chi connectivity index (χ1v) is 6.50. The molecule has 1 heterocycles. The van der Waals surface area contributed by atoms with Crippen LogP contribution in [0.5, 0.6) is 0 Å². The van der Waals surface area contributed by atoms with Crippen LogP contribution in [0.25, 0.3) is 0 Å². The van der Waals surface area contributed by atoms with E-state index in [4.69, 9.17) is 0 Å². The minimum Gasteiger partial charge on any atom is -0.369 e. The molecule has 98 valence electrons. The SMILES string of the molecule is CC(C)N1CCN(c2ccc(NC=O)cc2)CC1. The molecule has 0 bridgehead atoms. The average molecular weight is 247 g/mol. The number of nitrogens with zero attached hydrogens (tertiary/aromatic N) is 2. The van der Waals surface area contributed by atoms with E-state index in [2.05, 4.69) is 41.1 Å². The van der Waals surface area contributed by atoms with Crippen molar-refractivity contribution in [3.63, 3.8) is 0 Å². The number of hydrogen-bond acceptors (Lipinski definition) is 3. The van der Waals surface area contributed by atoms with E-state index in [1.165, 1.54) is 5.69 Å². The van der Waals surface area contributed by atoms with E-state index < -0.39 is 0 Å². The second kappa shape index (κ2) is 5.87. The lowest BCUT2D eigenvalue weighted by Gasteiger charge is -2.38. The number of rotatable bonds is 4. The molecular formula is C14H21N3O. The van der Waals surface area contributed by atoms with Crippen LogP contribution >= 0.6 is 0 Å². The van der Waals surface area contributed by atoms with Gasteiger partial charge in [0.25, 0.3) is 0 Å². The minimum absolute atomic E-state index is 0.631. The van der Waals surface area contributed by atoms with Crippen molar-refractivity contribution in [3.05, 3.63) is 24.3 Å². The number of nitrogens with one attached hydrogen (secondary N) is 1. The summed E-state index contributed by atoms with van der Waals surface area (Å²) in [4.78, 5) is 15.2. The molecule has 1 saturated heterocycles. The summed E-state index contributed by atoms with van der Waals surface area (Å²) in [6, 6.07) is 8.65. The summed E-state index contributed by atoms with van der Waals surface area (Å²) in [6.07, 6.45) is 0.705. The zero-order chi connectivity index (χ0) is 13.0. The summed E-state index contributed by atoms with van der Waals surface area (Å²) in [7, 11) is 0. The third-order valence-corrected chi connectivity index (χ3v) is 3.50. The Morgan fingerprint density at radius 1 is 1.11 bits per heavy atom. The largest absolute Gasteiger partial charge is 0.369 e. The van der Waals surface area contributed by atoms with Crippen LogP contribution in [0.1, 0.15) is 13.8 Å². The van der Waals surface area contributed by atoms with Crippen LogP contribution in [0.2, 0.25) is 0 Å². The van der Waals surface area contributed by atoms with E-state index >= 15 is 0 Å². The van der Waals surface area contributed by atoms with E-state index in [1.807, 2.05) is 12.1 Å². The Kier molecular flexibility index (Phi) is 4.20. The van der Waals surface area contributed by atoms with Crippen LogP contribution in [0.3, 0.4) is 0 Å². The number of amides is 1. The van der Waals surface area contributed by atoms with Crippen LogP contribution in [0.4, 0.5) is 11.4 Å². The molecule has 0 radical (unpaired) electrons. The highest BCUT2D eigenvalue weighted by Gasteiger charge is 2.18. The fourth-order valence-corrected chi connectivity index (χ4v) is 2.33. The third-order valence-electron chi connectivity index (χ3n) is 3.50. The molecular weight excluding hydrogens is 226 g/mol. The highest BCUT2D eigenvalue weighted by Crippen LogP contribution is 2.19. The second-order valence-electron chi connectivity index (χ2n) is 4.93. The summed E-state index contributed by atoms with van der Waals surface area (Å²) in [5.41, 5.74) is 2.07. The van der Waals surface area contributed by atoms with Crippen molar-refractivity contribution in [2.24, 2.45) is 0 Å². The van der Waals surface area contributed by atoms with Gasteiger partial charge < -0.3 is 10.2 Å². The predicted octanol–water partition coefficient (Wildman–Crippen LogP) is 1.79. The van der Waals surface area contributed by atoms with Gasteiger partial charge in [0.05, 0.1) is 0 Å². The molecule has 1 amide bonds. The zero-order valence-corrected chi connectivity index (χ0v) is 11.1. The lowest BCUT2D eigenvalue weighted by Crippen LogP contribution is -2.48. The number of carbonyl (C=O) groups is 1. The Balaban J connectivity index is 1.94. The lowest BCUT2D eigenvalue weighted by molar-refractivity contribution is -0.105. The van der Waals surface area contributed by atoms with Crippen molar-refractivity contribution in [2.45, 2.75) is 19.9 Å². The fourth-order valence-electron chi connectivity index (χ4n) is 2.33. The highest BCUT2D eigenvalue weighted by molar-refractivity contribution is 5.72. The van der Waals surface area contributed by atoms with Crippen molar-refractivity contribution in [1.29, 1.82) is 0 Å². The van der Waals surface area contributed by atoms with Gasteiger partial charge in [-0.15, -0.1) is 0 Å². The zero-order valence-electron chi connectivity index (χ0n) is 11.1. The molecule has 0 atom stereocenters. The van der Waals surface area contributed by atoms with Crippen LogP contribution in [0.15, 0.2) is 24.3 Å². The molecule has 0 saturated carbocycles. The van der Waals surface area contributed by atoms with E-state index in [0.29, 0.717) is 12.5 Å². The highest BCUT2D eigenvalue weighted by atomic mass is 16.1. The first-order valence-electron chi connectivity index (χ1n) is 6.50. The quantitative estimate of drug-likeness (QED) is 0.824. The van der Waals surface area contributed by atoms with Crippen LogP contribution < -0.4 is 10.2 Å². The fraction of sp³-hybridized carbons (Fsp3) is 0.500. The maximum atomic E-state index is 10.3. The number of benzene rings is 1. The normalized spacial score (nSPS) is 16.9. The average Bonchev–Trinajstić information content (AvgIpc) is 2.40.